The summed E-state index contributed by atoms with van der Waals surface area (Å²) in [5.41, 5.74) is -0.394. The molecule has 0 bridgehead atoms. The van der Waals surface area contributed by atoms with E-state index in [2.05, 4.69) is 13.8 Å². The van der Waals surface area contributed by atoms with Crippen molar-refractivity contribution in [3.8, 4) is 0 Å². The van der Waals surface area contributed by atoms with E-state index in [1.807, 2.05) is 18.7 Å². The Kier molecular flexibility index (Phi) is 7.24. The molecule has 1 atom stereocenters. The zero-order valence-corrected chi connectivity index (χ0v) is 15.7. The van der Waals surface area contributed by atoms with Crippen LogP contribution in [0, 0.1) is 11.3 Å². The first-order chi connectivity index (χ1) is 11.0. The topological polar surface area (TPSA) is 77.9 Å². The fourth-order valence-corrected chi connectivity index (χ4v) is 3.77. The first-order valence-electron chi connectivity index (χ1n) is 8.83. The van der Waals surface area contributed by atoms with Crippen molar-refractivity contribution < 1.29 is 19.5 Å². The molecule has 2 amide bonds. The Hall–Kier alpha value is -1.59. The van der Waals surface area contributed by atoms with Crippen molar-refractivity contribution in [2.75, 3.05) is 19.6 Å². The third-order valence-corrected chi connectivity index (χ3v) is 4.63. The van der Waals surface area contributed by atoms with Gasteiger partial charge in [0.1, 0.15) is 6.54 Å². The van der Waals surface area contributed by atoms with Gasteiger partial charge in [-0.05, 0) is 31.6 Å². The molecular weight excluding hydrogens is 308 g/mol. The fourth-order valence-electron chi connectivity index (χ4n) is 3.77. The average molecular weight is 340 g/mol. The highest BCUT2D eigenvalue weighted by Crippen LogP contribution is 2.29. The second-order valence-electron chi connectivity index (χ2n) is 7.90. The summed E-state index contributed by atoms with van der Waals surface area (Å²) in [5, 5.41) is 9.01. The van der Waals surface area contributed by atoms with E-state index in [9.17, 15) is 14.4 Å². The van der Waals surface area contributed by atoms with Gasteiger partial charge in [-0.3, -0.25) is 14.4 Å². The molecule has 0 radical (unpaired) electrons. The summed E-state index contributed by atoms with van der Waals surface area (Å²) >= 11 is 0. The molecule has 6 heteroatoms. The number of amides is 2. The molecule has 1 rings (SSSR count). The van der Waals surface area contributed by atoms with Gasteiger partial charge in [0, 0.05) is 31.5 Å². The highest BCUT2D eigenvalue weighted by atomic mass is 16.4. The third-order valence-electron chi connectivity index (χ3n) is 4.63. The average Bonchev–Trinajstić information content (AvgIpc) is 2.67. The predicted octanol–water partition coefficient (Wildman–Crippen LogP) is 2.37. The molecule has 1 aliphatic rings. The minimum absolute atomic E-state index is 0.107. The van der Waals surface area contributed by atoms with Gasteiger partial charge in [-0.1, -0.05) is 27.7 Å². The largest absolute Gasteiger partial charge is 0.480 e. The van der Waals surface area contributed by atoms with Gasteiger partial charge in [0.2, 0.25) is 11.8 Å². The van der Waals surface area contributed by atoms with Crippen molar-refractivity contribution in [2.45, 2.75) is 66.3 Å². The minimum Gasteiger partial charge on any atom is -0.480 e. The normalized spacial score (nSPS) is 19.1. The molecule has 1 heterocycles. The van der Waals surface area contributed by atoms with Crippen LogP contribution in [0.25, 0.3) is 0 Å². The molecule has 0 saturated carbocycles. The van der Waals surface area contributed by atoms with E-state index >= 15 is 0 Å². The van der Waals surface area contributed by atoms with E-state index in [0.717, 1.165) is 19.3 Å². The summed E-state index contributed by atoms with van der Waals surface area (Å²) in [4.78, 5) is 38.9. The Bertz CT molecular complexity index is 474. The number of nitrogens with zero attached hydrogens (tertiary/aromatic N) is 2. The monoisotopic (exact) mass is 340 g/mol. The lowest BCUT2D eigenvalue weighted by molar-refractivity contribution is -0.145. The van der Waals surface area contributed by atoms with Gasteiger partial charge >= 0.3 is 5.97 Å². The molecule has 24 heavy (non-hydrogen) atoms. The van der Waals surface area contributed by atoms with Crippen molar-refractivity contribution in [2.24, 2.45) is 11.3 Å². The molecule has 138 valence electrons. The number of carbonyl (C=O) groups is 3. The van der Waals surface area contributed by atoms with Gasteiger partial charge in [0.05, 0.1) is 0 Å². The molecule has 0 aromatic rings. The number of hydrogen-bond donors (Lipinski definition) is 1. The number of rotatable bonds is 6. The van der Waals surface area contributed by atoms with Crippen LogP contribution in [0.1, 0.15) is 60.3 Å². The van der Waals surface area contributed by atoms with E-state index in [4.69, 9.17) is 5.11 Å². The molecule has 0 aromatic heterocycles. The van der Waals surface area contributed by atoms with Crippen molar-refractivity contribution in [3.05, 3.63) is 0 Å². The fraction of sp³-hybridized carbons (Fsp3) is 0.833. The van der Waals surface area contributed by atoms with Gasteiger partial charge in [-0.2, -0.15) is 0 Å². The summed E-state index contributed by atoms with van der Waals surface area (Å²) in [7, 11) is 0. The zero-order valence-electron chi connectivity index (χ0n) is 15.7. The van der Waals surface area contributed by atoms with Crippen molar-refractivity contribution in [1.29, 1.82) is 0 Å². The molecule has 0 aliphatic carbocycles. The number of hydrogen-bond acceptors (Lipinski definition) is 3. The van der Waals surface area contributed by atoms with E-state index in [1.54, 1.807) is 0 Å². The number of aliphatic carboxylic acids is 1. The van der Waals surface area contributed by atoms with Crippen LogP contribution in [-0.2, 0) is 14.4 Å². The van der Waals surface area contributed by atoms with Crippen LogP contribution in [0.2, 0.25) is 0 Å². The quantitative estimate of drug-likeness (QED) is 0.805. The van der Waals surface area contributed by atoms with E-state index in [-0.39, 0.29) is 24.4 Å². The van der Waals surface area contributed by atoms with Crippen LogP contribution >= 0.6 is 0 Å². The number of carbonyl (C=O) groups excluding carboxylic acids is 2. The Morgan fingerprint density at radius 2 is 1.83 bits per heavy atom. The van der Waals surface area contributed by atoms with Crippen LogP contribution in [0.5, 0.6) is 0 Å². The SMILES string of the molecule is CC(=O)N(CC(=O)O)C1CCCN(C(=O)C(C)(C)CC(C)C)CC1. The standard InChI is InChI=1S/C18H32N2O4/c1-13(2)11-18(4,5)17(24)19-9-6-7-15(8-10-19)20(14(3)21)12-16(22)23/h13,15H,6-12H2,1-5H3,(H,22,23). The maximum absolute atomic E-state index is 12.8. The Labute approximate surface area is 145 Å². The molecule has 1 saturated heterocycles. The Morgan fingerprint density at radius 3 is 2.33 bits per heavy atom. The Morgan fingerprint density at radius 1 is 1.21 bits per heavy atom. The lowest BCUT2D eigenvalue weighted by atomic mass is 9.82. The van der Waals surface area contributed by atoms with Crippen LogP contribution < -0.4 is 0 Å². The van der Waals surface area contributed by atoms with E-state index in [1.165, 1.54) is 11.8 Å². The second kappa shape index (κ2) is 8.49. The molecular formula is C18H32N2O4. The van der Waals surface area contributed by atoms with Gasteiger partial charge < -0.3 is 14.9 Å². The van der Waals surface area contributed by atoms with Crippen molar-refractivity contribution in [3.63, 3.8) is 0 Å². The minimum atomic E-state index is -1.000. The summed E-state index contributed by atoms with van der Waals surface area (Å²) in [6.07, 6.45) is 3.00. The van der Waals surface area contributed by atoms with Crippen molar-refractivity contribution >= 4 is 17.8 Å². The van der Waals surface area contributed by atoms with Crippen LogP contribution in [0.3, 0.4) is 0 Å². The van der Waals surface area contributed by atoms with Crippen LogP contribution in [0.4, 0.5) is 0 Å². The van der Waals surface area contributed by atoms with Gasteiger partial charge in [0.15, 0.2) is 0 Å². The van der Waals surface area contributed by atoms with Crippen LogP contribution in [-0.4, -0.2) is 58.4 Å². The van der Waals surface area contributed by atoms with Crippen molar-refractivity contribution in [1.82, 2.24) is 9.80 Å². The molecule has 0 aromatic carbocycles. The number of likely N-dealkylation sites (tertiary alicyclic amines) is 1. The Balaban J connectivity index is 2.75. The molecule has 6 nitrogen and oxygen atoms in total. The molecule has 0 spiro atoms. The second-order valence-corrected chi connectivity index (χ2v) is 7.90. The van der Waals surface area contributed by atoms with Crippen LogP contribution in [0.15, 0.2) is 0 Å². The lowest BCUT2D eigenvalue weighted by Crippen LogP contribution is -2.44. The highest BCUT2D eigenvalue weighted by Gasteiger charge is 2.34. The van der Waals surface area contributed by atoms with Gasteiger partial charge in [0.25, 0.3) is 0 Å². The predicted molar refractivity (Wildman–Crippen MR) is 92.5 cm³/mol. The first kappa shape index (κ1) is 20.5. The van der Waals surface area contributed by atoms with E-state index in [0.29, 0.717) is 25.4 Å². The summed E-state index contributed by atoms with van der Waals surface area (Å²) < 4.78 is 0. The maximum atomic E-state index is 12.8. The molecule has 1 aliphatic heterocycles. The maximum Gasteiger partial charge on any atom is 0.323 e. The zero-order chi connectivity index (χ0) is 18.5. The number of carboxylic acid groups (broad SMARTS) is 1. The third kappa shape index (κ3) is 5.80. The highest BCUT2D eigenvalue weighted by molar-refractivity contribution is 5.82. The molecule has 1 unspecified atom stereocenters. The van der Waals surface area contributed by atoms with E-state index < -0.39 is 11.4 Å². The summed E-state index contributed by atoms with van der Waals surface area (Å²) in [5.74, 6) is -0.611. The number of carboxylic acids is 1. The van der Waals surface area contributed by atoms with Gasteiger partial charge in [-0.25, -0.2) is 0 Å². The van der Waals surface area contributed by atoms with Gasteiger partial charge in [-0.15, -0.1) is 0 Å². The summed E-state index contributed by atoms with van der Waals surface area (Å²) in [6, 6.07) is -0.107. The molecule has 1 fully saturated rings. The first-order valence-corrected chi connectivity index (χ1v) is 8.83. The smallest absolute Gasteiger partial charge is 0.323 e. The molecule has 1 N–H and O–H groups in total. The lowest BCUT2D eigenvalue weighted by Gasteiger charge is -2.33. The summed E-state index contributed by atoms with van der Waals surface area (Å²) in [6.45, 7) is 10.6.